The lowest BCUT2D eigenvalue weighted by Gasteiger charge is -2.37. The summed E-state index contributed by atoms with van der Waals surface area (Å²) in [6.45, 7) is 10.8. The summed E-state index contributed by atoms with van der Waals surface area (Å²) in [4.78, 5) is 0. The first kappa shape index (κ1) is 15.2. The van der Waals surface area contributed by atoms with Gasteiger partial charge < -0.3 is 9.84 Å². The molecule has 1 N–H and O–H groups in total. The molecule has 1 unspecified atom stereocenters. The Labute approximate surface area is 123 Å². The average Bonchev–Trinajstić information content (AvgIpc) is 2.35. The zero-order chi connectivity index (χ0) is 14.9. The van der Waals surface area contributed by atoms with Crippen molar-refractivity contribution < 1.29 is 9.84 Å². The summed E-state index contributed by atoms with van der Waals surface area (Å²) in [5.74, 6) is 2.17. The van der Waals surface area contributed by atoms with Crippen LogP contribution in [0.3, 0.4) is 0 Å². The molecule has 1 heterocycles. The average molecular weight is 276 g/mol. The quantitative estimate of drug-likeness (QED) is 0.846. The summed E-state index contributed by atoms with van der Waals surface area (Å²) in [7, 11) is 0. The third kappa shape index (κ3) is 3.11. The Morgan fingerprint density at radius 3 is 2.70 bits per heavy atom. The van der Waals surface area contributed by atoms with Crippen LogP contribution in [0.25, 0.3) is 0 Å². The number of hydrogen-bond donors (Lipinski definition) is 1. The van der Waals surface area contributed by atoms with Crippen LogP contribution in [-0.2, 0) is 6.42 Å². The normalized spacial score (nSPS) is 21.7. The van der Waals surface area contributed by atoms with E-state index in [1.807, 2.05) is 19.9 Å². The standard InChI is InChI=1S/C18H28O2/c1-12(2)7-6-9-18(5)10-8-15-14(4)16(19)11-13(3)17(15)20-18/h11-12,19H,6-10H2,1-5H3. The van der Waals surface area contributed by atoms with E-state index in [4.69, 9.17) is 4.74 Å². The molecule has 2 rings (SSSR count). The van der Waals surface area contributed by atoms with Gasteiger partial charge in [0.15, 0.2) is 0 Å². The topological polar surface area (TPSA) is 29.5 Å². The molecule has 0 aliphatic carbocycles. The smallest absolute Gasteiger partial charge is 0.126 e. The molecule has 1 aromatic carbocycles. The number of rotatable bonds is 4. The number of aromatic hydroxyl groups is 1. The van der Waals surface area contributed by atoms with Gasteiger partial charge in [-0.2, -0.15) is 0 Å². The van der Waals surface area contributed by atoms with Crippen LogP contribution in [0, 0.1) is 19.8 Å². The van der Waals surface area contributed by atoms with E-state index in [2.05, 4.69) is 20.8 Å². The molecule has 0 bridgehead atoms. The van der Waals surface area contributed by atoms with E-state index in [0.29, 0.717) is 5.75 Å². The summed E-state index contributed by atoms with van der Waals surface area (Å²) in [6, 6.07) is 1.83. The first-order valence-corrected chi connectivity index (χ1v) is 7.83. The second-order valence-corrected chi connectivity index (χ2v) is 6.98. The largest absolute Gasteiger partial charge is 0.508 e. The van der Waals surface area contributed by atoms with Gasteiger partial charge in [-0.3, -0.25) is 0 Å². The minimum Gasteiger partial charge on any atom is -0.508 e. The summed E-state index contributed by atoms with van der Waals surface area (Å²) >= 11 is 0. The molecule has 1 aliphatic rings. The molecule has 0 fully saturated rings. The van der Waals surface area contributed by atoms with Gasteiger partial charge in [-0.15, -0.1) is 0 Å². The Morgan fingerprint density at radius 1 is 1.35 bits per heavy atom. The van der Waals surface area contributed by atoms with Crippen molar-refractivity contribution in [2.45, 2.75) is 72.3 Å². The first-order chi connectivity index (χ1) is 9.32. The molecule has 0 amide bonds. The lowest BCUT2D eigenvalue weighted by Crippen LogP contribution is -2.37. The molecular weight excluding hydrogens is 248 g/mol. The van der Waals surface area contributed by atoms with Crippen molar-refractivity contribution in [3.05, 3.63) is 22.8 Å². The van der Waals surface area contributed by atoms with Crippen LogP contribution in [0.4, 0.5) is 0 Å². The summed E-state index contributed by atoms with van der Waals surface area (Å²) in [5, 5.41) is 9.93. The number of fused-ring (bicyclic) bond motifs is 1. The van der Waals surface area contributed by atoms with Crippen LogP contribution in [0.15, 0.2) is 6.07 Å². The predicted octanol–water partition coefficient (Wildman–Crippen LogP) is 4.92. The molecule has 0 saturated carbocycles. The highest BCUT2D eigenvalue weighted by molar-refractivity contribution is 5.53. The number of ether oxygens (including phenoxy) is 1. The number of phenols is 1. The van der Waals surface area contributed by atoms with E-state index in [9.17, 15) is 5.11 Å². The third-order valence-corrected chi connectivity index (χ3v) is 4.56. The van der Waals surface area contributed by atoms with Gasteiger partial charge in [-0.05, 0) is 69.6 Å². The first-order valence-electron chi connectivity index (χ1n) is 7.83. The number of phenolic OH excluding ortho intramolecular Hbond substituents is 1. The van der Waals surface area contributed by atoms with Gasteiger partial charge in [0, 0.05) is 5.56 Å². The zero-order valence-electron chi connectivity index (χ0n) is 13.5. The van der Waals surface area contributed by atoms with E-state index >= 15 is 0 Å². The van der Waals surface area contributed by atoms with Crippen LogP contribution in [-0.4, -0.2) is 10.7 Å². The van der Waals surface area contributed by atoms with Gasteiger partial charge in [0.2, 0.25) is 0 Å². The van der Waals surface area contributed by atoms with Crippen LogP contribution in [0.2, 0.25) is 0 Å². The Hall–Kier alpha value is -1.18. The van der Waals surface area contributed by atoms with Gasteiger partial charge in [0.1, 0.15) is 17.1 Å². The molecule has 0 aromatic heterocycles. The molecule has 0 radical (unpaired) electrons. The summed E-state index contributed by atoms with van der Waals surface area (Å²) in [5.41, 5.74) is 3.19. The lowest BCUT2D eigenvalue weighted by atomic mass is 9.85. The minimum atomic E-state index is -0.0456. The fourth-order valence-corrected chi connectivity index (χ4v) is 3.13. The molecule has 2 nitrogen and oxygen atoms in total. The van der Waals surface area contributed by atoms with Gasteiger partial charge in [-0.25, -0.2) is 0 Å². The zero-order valence-corrected chi connectivity index (χ0v) is 13.5. The van der Waals surface area contributed by atoms with Crippen molar-refractivity contribution in [3.63, 3.8) is 0 Å². The van der Waals surface area contributed by atoms with Crippen molar-refractivity contribution in [1.29, 1.82) is 0 Å². The van der Waals surface area contributed by atoms with Crippen molar-refractivity contribution >= 4 is 0 Å². The number of hydrogen-bond acceptors (Lipinski definition) is 2. The van der Waals surface area contributed by atoms with Gasteiger partial charge in [0.25, 0.3) is 0 Å². The van der Waals surface area contributed by atoms with E-state index in [1.165, 1.54) is 18.4 Å². The molecule has 0 saturated heterocycles. The SMILES string of the molecule is Cc1cc(O)c(C)c2c1OC(C)(CCCC(C)C)CC2. The maximum atomic E-state index is 9.93. The van der Waals surface area contributed by atoms with Crippen molar-refractivity contribution in [2.75, 3.05) is 0 Å². The molecular formula is C18H28O2. The number of aryl methyl sites for hydroxylation is 1. The van der Waals surface area contributed by atoms with E-state index in [1.54, 1.807) is 0 Å². The molecule has 1 aromatic rings. The molecule has 1 aliphatic heterocycles. The van der Waals surface area contributed by atoms with Gasteiger partial charge in [-0.1, -0.05) is 20.3 Å². The number of benzene rings is 1. The Morgan fingerprint density at radius 2 is 2.05 bits per heavy atom. The highest BCUT2D eigenvalue weighted by atomic mass is 16.5. The van der Waals surface area contributed by atoms with Gasteiger partial charge >= 0.3 is 0 Å². The summed E-state index contributed by atoms with van der Waals surface area (Å²) in [6.07, 6.45) is 5.65. The molecule has 2 heteroatoms. The van der Waals surface area contributed by atoms with Crippen LogP contribution < -0.4 is 4.74 Å². The Kier molecular flexibility index (Phi) is 4.31. The monoisotopic (exact) mass is 276 g/mol. The van der Waals surface area contributed by atoms with Crippen molar-refractivity contribution in [3.8, 4) is 11.5 Å². The molecule has 1 atom stereocenters. The highest BCUT2D eigenvalue weighted by Crippen LogP contribution is 2.42. The maximum absolute atomic E-state index is 9.93. The second kappa shape index (κ2) is 5.67. The predicted molar refractivity (Wildman–Crippen MR) is 83.6 cm³/mol. The van der Waals surface area contributed by atoms with Crippen molar-refractivity contribution in [2.24, 2.45) is 5.92 Å². The van der Waals surface area contributed by atoms with Gasteiger partial charge in [0.05, 0.1) is 0 Å². The van der Waals surface area contributed by atoms with Crippen LogP contribution >= 0.6 is 0 Å². The molecule has 20 heavy (non-hydrogen) atoms. The fraction of sp³-hybridized carbons (Fsp3) is 0.667. The third-order valence-electron chi connectivity index (χ3n) is 4.56. The molecule has 0 spiro atoms. The van der Waals surface area contributed by atoms with Crippen LogP contribution in [0.5, 0.6) is 11.5 Å². The Bertz CT molecular complexity index is 491. The highest BCUT2D eigenvalue weighted by Gasteiger charge is 2.33. The minimum absolute atomic E-state index is 0.0456. The van der Waals surface area contributed by atoms with Crippen molar-refractivity contribution in [1.82, 2.24) is 0 Å². The molecule has 112 valence electrons. The van der Waals surface area contributed by atoms with E-state index in [0.717, 1.165) is 42.1 Å². The van der Waals surface area contributed by atoms with E-state index < -0.39 is 0 Å². The fourth-order valence-electron chi connectivity index (χ4n) is 3.13. The second-order valence-electron chi connectivity index (χ2n) is 6.98. The van der Waals surface area contributed by atoms with Crippen LogP contribution in [0.1, 0.15) is 63.1 Å². The summed E-state index contributed by atoms with van der Waals surface area (Å²) < 4.78 is 6.36. The maximum Gasteiger partial charge on any atom is 0.126 e. The lowest BCUT2D eigenvalue weighted by molar-refractivity contribution is 0.0516. The van der Waals surface area contributed by atoms with E-state index in [-0.39, 0.29) is 5.60 Å². The Balaban J connectivity index is 2.16.